The second kappa shape index (κ2) is 20.7. The zero-order chi connectivity index (χ0) is 25.1. The fraction of sp³-hybridized carbons (Fsp3) is 0.600. The van der Waals surface area contributed by atoms with E-state index in [0.717, 1.165) is 24.9 Å². The zero-order valence-electron chi connectivity index (χ0n) is 22.4. The second-order valence-corrected chi connectivity index (χ2v) is 9.92. The third-order valence-electron chi connectivity index (χ3n) is 6.34. The molecule has 0 bridgehead atoms. The third kappa shape index (κ3) is 13.8. The van der Waals surface area contributed by atoms with Gasteiger partial charge in [-0.05, 0) is 30.2 Å². The molecule has 1 aromatic carbocycles. The lowest BCUT2D eigenvalue weighted by atomic mass is 10.1. The molecule has 1 aromatic heterocycles. The van der Waals surface area contributed by atoms with E-state index in [1.54, 1.807) is 18.2 Å². The molecule has 0 spiro atoms. The fourth-order valence-electron chi connectivity index (χ4n) is 4.18. The molecule has 36 heavy (non-hydrogen) atoms. The van der Waals surface area contributed by atoms with Gasteiger partial charge in [0, 0.05) is 30.7 Å². The maximum Gasteiger partial charge on any atom is 0.251 e. The van der Waals surface area contributed by atoms with Crippen LogP contribution in [-0.4, -0.2) is 12.5 Å². The van der Waals surface area contributed by atoms with Crippen molar-refractivity contribution in [2.24, 2.45) is 0 Å². The number of rotatable bonds is 19. The van der Waals surface area contributed by atoms with E-state index in [4.69, 9.17) is 16.3 Å². The van der Waals surface area contributed by atoms with Gasteiger partial charge in [0.1, 0.15) is 12.3 Å². The average Bonchev–Trinajstić information content (AvgIpc) is 2.87. The molecule has 2 rings (SSSR count). The van der Waals surface area contributed by atoms with Crippen molar-refractivity contribution in [1.82, 2.24) is 5.32 Å². The van der Waals surface area contributed by atoms with Gasteiger partial charge in [-0.25, -0.2) is 4.57 Å². The first-order valence-corrected chi connectivity index (χ1v) is 14.2. The van der Waals surface area contributed by atoms with Crippen LogP contribution in [0.1, 0.15) is 113 Å². The lowest BCUT2D eigenvalue weighted by molar-refractivity contribution is -0.697. The summed E-state index contributed by atoms with van der Waals surface area (Å²) in [5, 5.41) is 3.44. The molecule has 4 nitrogen and oxygen atoms in total. The van der Waals surface area contributed by atoms with Crippen molar-refractivity contribution in [2.75, 3.05) is 6.61 Å². The first kappa shape index (κ1) is 32.7. The second-order valence-electron chi connectivity index (χ2n) is 9.51. The minimum atomic E-state index is -0.135. The number of aromatic nitrogens is 1. The van der Waals surface area contributed by atoms with Crippen LogP contribution in [0.3, 0.4) is 0 Å². The summed E-state index contributed by atoms with van der Waals surface area (Å²) in [5.41, 5.74) is 1.61. The van der Waals surface area contributed by atoms with Gasteiger partial charge in [-0.2, -0.15) is 0 Å². The Labute approximate surface area is 241 Å². The van der Waals surface area contributed by atoms with Crippen LogP contribution >= 0.6 is 11.6 Å². The Morgan fingerprint density at radius 2 is 1.42 bits per heavy atom. The van der Waals surface area contributed by atoms with Crippen molar-refractivity contribution in [2.45, 2.75) is 110 Å². The van der Waals surface area contributed by atoms with Crippen LogP contribution < -0.4 is 38.6 Å². The molecular weight excluding hydrogens is 583 g/mol. The maximum atomic E-state index is 12.5. The van der Waals surface area contributed by atoms with Crippen molar-refractivity contribution in [3.63, 3.8) is 0 Å². The van der Waals surface area contributed by atoms with Gasteiger partial charge in [0.25, 0.3) is 5.91 Å². The van der Waals surface area contributed by atoms with E-state index >= 15 is 0 Å². The first-order valence-electron chi connectivity index (χ1n) is 13.8. The summed E-state index contributed by atoms with van der Waals surface area (Å²) >= 11 is 6.38. The zero-order valence-corrected chi connectivity index (χ0v) is 25.3. The lowest BCUT2D eigenvalue weighted by Gasteiger charge is -2.10. The van der Waals surface area contributed by atoms with Crippen molar-refractivity contribution in [3.05, 3.63) is 58.9 Å². The maximum absolute atomic E-state index is 12.5. The predicted octanol–water partition coefficient (Wildman–Crippen LogP) is 5.05. The monoisotopic (exact) mass is 628 g/mol. The van der Waals surface area contributed by atoms with Crippen molar-refractivity contribution in [1.29, 1.82) is 0 Å². The topological polar surface area (TPSA) is 42.2 Å². The number of carbonyl (C=O) groups excluding carboxylic acids is 1. The number of carbonyl (C=O) groups is 1. The van der Waals surface area contributed by atoms with E-state index in [1.165, 1.54) is 70.6 Å². The quantitative estimate of drug-likeness (QED) is 0.134. The number of hydrogen-bond donors (Lipinski definition) is 1. The Morgan fingerprint density at radius 3 is 1.97 bits per heavy atom. The predicted molar refractivity (Wildman–Crippen MR) is 146 cm³/mol. The summed E-state index contributed by atoms with van der Waals surface area (Å²) in [5.74, 6) is 0.513. The van der Waals surface area contributed by atoms with Gasteiger partial charge in [-0.1, -0.05) is 96.1 Å². The van der Waals surface area contributed by atoms with Crippen molar-refractivity contribution < 1.29 is 38.1 Å². The van der Waals surface area contributed by atoms with Gasteiger partial charge in [-0.3, -0.25) is 4.79 Å². The van der Waals surface area contributed by atoms with Gasteiger partial charge in [0.05, 0.1) is 11.6 Å². The van der Waals surface area contributed by atoms with Crippen molar-refractivity contribution >= 4 is 17.5 Å². The van der Waals surface area contributed by atoms with Crippen molar-refractivity contribution in [3.8, 4) is 5.75 Å². The molecule has 6 heteroatoms. The molecule has 0 aliphatic heterocycles. The smallest absolute Gasteiger partial charge is 0.251 e. The number of aryl methyl sites for hydroxylation is 1. The molecule has 202 valence electrons. The Morgan fingerprint density at radius 1 is 0.833 bits per heavy atom. The highest BCUT2D eigenvalue weighted by Gasteiger charge is 2.10. The first-order chi connectivity index (χ1) is 17.1. The molecule has 0 saturated carbocycles. The summed E-state index contributed by atoms with van der Waals surface area (Å²) in [6, 6.07) is 9.34. The fourth-order valence-corrected chi connectivity index (χ4v) is 4.42. The summed E-state index contributed by atoms with van der Waals surface area (Å²) < 4.78 is 8.00. The standard InChI is InChI=1S/C30H45ClN2O2.HI/c1-3-5-6-7-8-9-10-11-12-13-14-15-23-35-29-17-16-27(24-28(29)31)30(34)32-25-26-18-21-33(20-4-2)22-19-26;/h16-19,21-22,24H,3-15,20,23,25H2,1-2H3;1H. The Bertz CT molecular complexity index is 845. The number of pyridine rings is 1. The molecule has 0 fully saturated rings. The average molecular weight is 629 g/mol. The Hall–Kier alpha value is -1.34. The minimum absolute atomic E-state index is 0. The highest BCUT2D eigenvalue weighted by atomic mass is 127. The van der Waals surface area contributed by atoms with Gasteiger partial charge >= 0.3 is 0 Å². The number of nitrogens with one attached hydrogen (secondary N) is 1. The minimum Gasteiger partial charge on any atom is -1.00 e. The van der Waals surface area contributed by atoms with E-state index in [2.05, 4.69) is 23.7 Å². The molecule has 1 amide bonds. The summed E-state index contributed by atoms with van der Waals surface area (Å²) in [4.78, 5) is 12.5. The lowest BCUT2D eigenvalue weighted by Crippen LogP contribution is -3.00. The number of unbranched alkanes of at least 4 members (excludes halogenated alkanes) is 11. The van der Waals surface area contributed by atoms with Gasteiger partial charge in [-0.15, -0.1) is 0 Å². The number of amides is 1. The van der Waals surface area contributed by atoms with Crippen LogP contribution in [0.5, 0.6) is 5.75 Å². The Balaban J connectivity index is 0.00000648. The summed E-state index contributed by atoms with van der Waals surface area (Å²) in [6.45, 7) is 6.57. The summed E-state index contributed by atoms with van der Waals surface area (Å²) in [7, 11) is 0. The molecule has 0 aliphatic carbocycles. The van der Waals surface area contributed by atoms with Crippen LogP contribution in [-0.2, 0) is 13.1 Å². The molecule has 0 atom stereocenters. The molecule has 1 N–H and O–H groups in total. The van der Waals surface area contributed by atoms with Crippen LogP contribution in [0, 0.1) is 0 Å². The van der Waals surface area contributed by atoms with Crippen LogP contribution in [0.4, 0.5) is 0 Å². The van der Waals surface area contributed by atoms with Crippen LogP contribution in [0.15, 0.2) is 42.7 Å². The number of hydrogen-bond acceptors (Lipinski definition) is 2. The molecular formula is C30H46ClIN2O2. The number of ether oxygens (including phenoxy) is 1. The molecule has 0 aliphatic rings. The van der Waals surface area contributed by atoms with E-state index in [1.807, 2.05) is 24.5 Å². The van der Waals surface area contributed by atoms with E-state index < -0.39 is 0 Å². The third-order valence-corrected chi connectivity index (χ3v) is 6.64. The molecule has 2 aromatic rings. The normalized spacial score (nSPS) is 10.6. The SMILES string of the molecule is CCCCCCCCCCCCCCOc1ccc(C(=O)NCc2cc[n+](CCC)cc2)cc1Cl.[I-]. The number of nitrogens with zero attached hydrogens (tertiary/aromatic N) is 1. The van der Waals surface area contributed by atoms with Gasteiger partial charge in [0.2, 0.25) is 0 Å². The highest BCUT2D eigenvalue weighted by Crippen LogP contribution is 2.26. The molecule has 0 saturated heterocycles. The van der Waals surface area contributed by atoms with E-state index in [0.29, 0.717) is 29.5 Å². The van der Waals surface area contributed by atoms with Gasteiger partial charge in [0.15, 0.2) is 12.4 Å². The molecule has 1 heterocycles. The van der Waals surface area contributed by atoms with Crippen LogP contribution in [0.2, 0.25) is 5.02 Å². The highest BCUT2D eigenvalue weighted by molar-refractivity contribution is 6.32. The largest absolute Gasteiger partial charge is 1.00 e. The van der Waals surface area contributed by atoms with Gasteiger partial charge < -0.3 is 34.0 Å². The van der Waals surface area contributed by atoms with Crippen LogP contribution in [0.25, 0.3) is 0 Å². The summed E-state index contributed by atoms with van der Waals surface area (Å²) in [6.07, 6.45) is 21.1. The van der Waals surface area contributed by atoms with E-state index in [9.17, 15) is 4.79 Å². The number of benzene rings is 1. The Kier molecular flexibility index (Phi) is 18.8. The molecule has 0 radical (unpaired) electrons. The number of halogens is 2. The molecule has 0 unspecified atom stereocenters. The van der Waals surface area contributed by atoms with E-state index in [-0.39, 0.29) is 29.9 Å².